The van der Waals surface area contributed by atoms with E-state index in [1.165, 1.54) is 0 Å². The molecule has 0 saturated heterocycles. The second-order valence-electron chi connectivity index (χ2n) is 7.33. The molecule has 1 aliphatic carbocycles. The SMILES string of the molecule is COc1ccc(N(C)CC2CCC(CCB(O)O)C[C@]2(N)C(=O)O)cc1. The van der Waals surface area contributed by atoms with Crippen LogP contribution in [0.5, 0.6) is 5.75 Å². The number of nitrogens with zero attached hydrogens (tertiary/aromatic N) is 1. The number of methoxy groups -OCH3 is 1. The van der Waals surface area contributed by atoms with Gasteiger partial charge in [-0.3, -0.25) is 4.79 Å². The molecule has 2 rings (SSSR count). The number of carbonyl (C=O) groups is 1. The van der Waals surface area contributed by atoms with Gasteiger partial charge in [0.05, 0.1) is 7.11 Å². The molecule has 0 aliphatic heterocycles. The lowest BCUT2D eigenvalue weighted by atomic mass is 9.66. The van der Waals surface area contributed by atoms with Crippen molar-refractivity contribution in [1.82, 2.24) is 0 Å². The Balaban J connectivity index is 2.05. The van der Waals surface area contributed by atoms with Crippen LogP contribution in [0.15, 0.2) is 24.3 Å². The van der Waals surface area contributed by atoms with Gasteiger partial charge in [0, 0.05) is 25.2 Å². The van der Waals surface area contributed by atoms with Crippen LogP contribution in [0.25, 0.3) is 0 Å². The summed E-state index contributed by atoms with van der Waals surface area (Å²) >= 11 is 0. The summed E-state index contributed by atoms with van der Waals surface area (Å²) < 4.78 is 5.16. The van der Waals surface area contributed by atoms with Crippen LogP contribution in [0.2, 0.25) is 6.32 Å². The van der Waals surface area contributed by atoms with Gasteiger partial charge in [0.15, 0.2) is 0 Å². The first-order chi connectivity index (χ1) is 12.3. The van der Waals surface area contributed by atoms with Crippen LogP contribution in [-0.2, 0) is 4.79 Å². The molecule has 8 heteroatoms. The minimum Gasteiger partial charge on any atom is -0.497 e. The molecular formula is C18H29BN2O5. The van der Waals surface area contributed by atoms with Gasteiger partial charge in [0.2, 0.25) is 0 Å². The Morgan fingerprint density at radius 2 is 2.00 bits per heavy atom. The van der Waals surface area contributed by atoms with E-state index >= 15 is 0 Å². The van der Waals surface area contributed by atoms with Gasteiger partial charge in [-0.15, -0.1) is 0 Å². The molecule has 1 fully saturated rings. The topological polar surface area (TPSA) is 116 Å². The van der Waals surface area contributed by atoms with E-state index in [1.54, 1.807) is 7.11 Å². The lowest BCUT2D eigenvalue weighted by molar-refractivity contribution is -0.147. The van der Waals surface area contributed by atoms with Gasteiger partial charge in [-0.2, -0.15) is 0 Å². The summed E-state index contributed by atoms with van der Waals surface area (Å²) in [6.07, 6.45) is 2.73. The highest BCUT2D eigenvalue weighted by Gasteiger charge is 2.47. The maximum atomic E-state index is 11.9. The summed E-state index contributed by atoms with van der Waals surface area (Å²) in [5.41, 5.74) is 6.02. The van der Waals surface area contributed by atoms with Crippen molar-refractivity contribution >= 4 is 18.8 Å². The van der Waals surface area contributed by atoms with E-state index in [9.17, 15) is 9.90 Å². The number of hydrogen-bond acceptors (Lipinski definition) is 6. The zero-order valence-corrected chi connectivity index (χ0v) is 15.5. The molecule has 7 nitrogen and oxygen atoms in total. The number of anilines is 1. The Labute approximate surface area is 154 Å². The largest absolute Gasteiger partial charge is 0.497 e. The van der Waals surface area contributed by atoms with Crippen molar-refractivity contribution in [2.75, 3.05) is 25.6 Å². The fourth-order valence-electron chi connectivity index (χ4n) is 3.86. The molecule has 3 atom stereocenters. The van der Waals surface area contributed by atoms with Crippen LogP contribution >= 0.6 is 0 Å². The third-order valence-electron chi connectivity index (χ3n) is 5.52. The second-order valence-corrected chi connectivity index (χ2v) is 7.33. The predicted octanol–water partition coefficient (Wildman–Crippen LogP) is 1.19. The van der Waals surface area contributed by atoms with Crippen molar-refractivity contribution in [3.05, 3.63) is 24.3 Å². The van der Waals surface area contributed by atoms with E-state index in [1.807, 2.05) is 36.2 Å². The number of carboxylic acids is 1. The molecular weight excluding hydrogens is 335 g/mol. The number of benzene rings is 1. The summed E-state index contributed by atoms with van der Waals surface area (Å²) in [4.78, 5) is 13.9. The van der Waals surface area contributed by atoms with Gasteiger partial charge >= 0.3 is 13.1 Å². The number of rotatable bonds is 8. The minimum absolute atomic E-state index is 0.0976. The van der Waals surface area contributed by atoms with Crippen LogP contribution in [0.1, 0.15) is 25.7 Å². The molecule has 1 saturated carbocycles. The summed E-state index contributed by atoms with van der Waals surface area (Å²) in [5, 5.41) is 27.9. The quantitative estimate of drug-likeness (QED) is 0.512. The van der Waals surface area contributed by atoms with Crippen LogP contribution < -0.4 is 15.4 Å². The Morgan fingerprint density at radius 1 is 1.35 bits per heavy atom. The number of hydrogen-bond donors (Lipinski definition) is 4. The maximum absolute atomic E-state index is 11.9. The zero-order valence-electron chi connectivity index (χ0n) is 15.5. The molecule has 0 radical (unpaired) electrons. The van der Waals surface area contributed by atoms with E-state index in [-0.39, 0.29) is 18.2 Å². The lowest BCUT2D eigenvalue weighted by Gasteiger charge is -2.43. The normalized spacial score (nSPS) is 25.6. The maximum Gasteiger partial charge on any atom is 0.451 e. The molecule has 0 bridgehead atoms. The molecule has 0 spiro atoms. The minimum atomic E-state index is -1.36. The summed E-state index contributed by atoms with van der Waals surface area (Å²) in [6, 6.07) is 7.61. The smallest absolute Gasteiger partial charge is 0.451 e. The van der Waals surface area contributed by atoms with E-state index in [2.05, 4.69) is 0 Å². The third-order valence-corrected chi connectivity index (χ3v) is 5.52. The number of aliphatic carboxylic acids is 1. The fourth-order valence-corrected chi connectivity index (χ4v) is 3.86. The fraction of sp³-hybridized carbons (Fsp3) is 0.611. The molecule has 5 N–H and O–H groups in total. The van der Waals surface area contributed by atoms with Crippen LogP contribution in [0.3, 0.4) is 0 Å². The lowest BCUT2D eigenvalue weighted by Crippen LogP contribution is -2.59. The Kier molecular flexibility index (Phi) is 6.91. The van der Waals surface area contributed by atoms with Crippen molar-refractivity contribution in [3.63, 3.8) is 0 Å². The highest BCUT2D eigenvalue weighted by molar-refractivity contribution is 6.40. The standard InChI is InChI=1S/C18H29BN2O5/c1-21(15-5-7-16(26-2)8-6-15)12-14-4-3-13(9-10-19(24)25)11-18(14,20)17(22)23/h5-8,13-14,24-25H,3-4,9-12,20H2,1-2H3,(H,22,23)/t13?,14?,18-/m1/s1. The van der Waals surface area contributed by atoms with E-state index in [0.717, 1.165) is 17.9 Å². The van der Waals surface area contributed by atoms with Crippen LogP contribution in [0.4, 0.5) is 5.69 Å². The number of nitrogens with two attached hydrogens (primary N) is 1. The summed E-state index contributed by atoms with van der Waals surface area (Å²) in [5.74, 6) is -0.296. The molecule has 1 aromatic rings. The summed E-state index contributed by atoms with van der Waals surface area (Å²) in [6.45, 7) is 0.546. The molecule has 26 heavy (non-hydrogen) atoms. The van der Waals surface area contributed by atoms with Crippen LogP contribution in [0, 0.1) is 11.8 Å². The molecule has 1 aliphatic rings. The molecule has 1 aromatic carbocycles. The second kappa shape index (κ2) is 8.75. The molecule has 0 heterocycles. The van der Waals surface area contributed by atoms with Crippen molar-refractivity contribution in [2.45, 2.75) is 37.5 Å². The average molecular weight is 364 g/mol. The third kappa shape index (κ3) is 4.90. The van der Waals surface area contributed by atoms with Gasteiger partial charge in [-0.1, -0.05) is 6.42 Å². The van der Waals surface area contributed by atoms with Crippen molar-refractivity contribution in [1.29, 1.82) is 0 Å². The Morgan fingerprint density at radius 3 is 2.54 bits per heavy atom. The first kappa shape index (κ1) is 20.5. The molecule has 0 aromatic heterocycles. The Bertz CT molecular complexity index is 598. The average Bonchev–Trinajstić information content (AvgIpc) is 2.61. The molecule has 144 valence electrons. The molecule has 2 unspecified atom stereocenters. The van der Waals surface area contributed by atoms with Gasteiger partial charge in [0.25, 0.3) is 0 Å². The van der Waals surface area contributed by atoms with E-state index < -0.39 is 18.6 Å². The van der Waals surface area contributed by atoms with Gasteiger partial charge in [-0.05, 0) is 55.8 Å². The van der Waals surface area contributed by atoms with Gasteiger partial charge in [0.1, 0.15) is 11.3 Å². The van der Waals surface area contributed by atoms with E-state index in [4.69, 9.17) is 20.5 Å². The van der Waals surface area contributed by atoms with Crippen molar-refractivity contribution in [3.8, 4) is 5.75 Å². The predicted molar refractivity (Wildman–Crippen MR) is 101 cm³/mol. The highest BCUT2D eigenvalue weighted by Crippen LogP contribution is 2.39. The molecule has 0 amide bonds. The number of carboxylic acid groups (broad SMARTS) is 1. The first-order valence-corrected chi connectivity index (χ1v) is 9.00. The Hall–Kier alpha value is -1.77. The first-order valence-electron chi connectivity index (χ1n) is 9.00. The summed E-state index contributed by atoms with van der Waals surface area (Å²) in [7, 11) is 2.19. The van der Waals surface area contributed by atoms with Crippen molar-refractivity contribution < 1.29 is 24.7 Å². The highest BCUT2D eigenvalue weighted by atomic mass is 16.5. The van der Waals surface area contributed by atoms with Gasteiger partial charge in [-0.25, -0.2) is 0 Å². The van der Waals surface area contributed by atoms with Gasteiger partial charge < -0.3 is 30.5 Å². The van der Waals surface area contributed by atoms with E-state index in [0.29, 0.717) is 25.8 Å². The monoisotopic (exact) mass is 364 g/mol. The van der Waals surface area contributed by atoms with Crippen molar-refractivity contribution in [2.24, 2.45) is 17.6 Å². The van der Waals surface area contributed by atoms with Crippen LogP contribution in [-0.4, -0.2) is 54.5 Å². The zero-order chi connectivity index (χ0) is 19.3. The number of ether oxygens (including phenoxy) is 1.